The lowest BCUT2D eigenvalue weighted by atomic mass is 9.95. The molecule has 1 aromatic rings. The van der Waals surface area contributed by atoms with E-state index in [1.165, 1.54) is 0 Å². The van der Waals surface area contributed by atoms with Crippen LogP contribution < -0.4 is 4.72 Å². The van der Waals surface area contributed by atoms with E-state index in [4.69, 9.17) is 4.74 Å². The Labute approximate surface area is 149 Å². The fourth-order valence-corrected chi connectivity index (χ4v) is 4.98. The number of anilines is 1. The summed E-state index contributed by atoms with van der Waals surface area (Å²) in [6.07, 6.45) is 3.64. The van der Waals surface area contributed by atoms with Gasteiger partial charge in [0.1, 0.15) is 0 Å². The molecule has 1 amide bonds. The number of rotatable bonds is 5. The molecule has 0 bridgehead atoms. The van der Waals surface area contributed by atoms with E-state index in [1.807, 2.05) is 6.07 Å². The standard InChI is InChI=1S/C18H26N2O4S/c21-18(13-15-8-11-24-12-9-15)20-10-4-7-17(14-20)25(22,23)19-16-5-2-1-3-6-16/h1-3,5-6,15,17,19H,4,7-14H2/t17-/m0/s1. The van der Waals surface area contributed by atoms with Crippen molar-refractivity contribution in [2.75, 3.05) is 31.0 Å². The summed E-state index contributed by atoms with van der Waals surface area (Å²) in [6, 6.07) is 8.89. The van der Waals surface area contributed by atoms with E-state index in [9.17, 15) is 13.2 Å². The highest BCUT2D eigenvalue weighted by Gasteiger charge is 2.33. The Balaban J connectivity index is 1.59. The summed E-state index contributed by atoms with van der Waals surface area (Å²) in [4.78, 5) is 14.3. The van der Waals surface area contributed by atoms with Crippen molar-refractivity contribution in [2.45, 2.75) is 37.4 Å². The predicted molar refractivity (Wildman–Crippen MR) is 96.7 cm³/mol. The Bertz CT molecular complexity index is 672. The fraction of sp³-hybridized carbons (Fsp3) is 0.611. The van der Waals surface area contributed by atoms with E-state index in [-0.39, 0.29) is 12.5 Å². The van der Waals surface area contributed by atoms with Crippen LogP contribution in [0.4, 0.5) is 5.69 Å². The zero-order valence-corrected chi connectivity index (χ0v) is 15.2. The van der Waals surface area contributed by atoms with Crippen molar-refractivity contribution in [3.05, 3.63) is 30.3 Å². The minimum Gasteiger partial charge on any atom is -0.381 e. The van der Waals surface area contributed by atoms with Crippen molar-refractivity contribution in [1.29, 1.82) is 0 Å². The molecule has 2 fully saturated rings. The minimum absolute atomic E-state index is 0.0755. The predicted octanol–water partition coefficient (Wildman–Crippen LogP) is 2.24. The number of nitrogens with zero attached hydrogens (tertiary/aromatic N) is 1. The monoisotopic (exact) mass is 366 g/mol. The molecule has 7 heteroatoms. The van der Waals surface area contributed by atoms with E-state index < -0.39 is 15.3 Å². The molecule has 2 aliphatic rings. The SMILES string of the molecule is O=C(CC1CCOCC1)N1CCC[C@H](S(=O)(=O)Nc2ccccc2)C1. The van der Waals surface area contributed by atoms with Crippen LogP contribution in [0.25, 0.3) is 0 Å². The summed E-state index contributed by atoms with van der Waals surface area (Å²) in [6.45, 7) is 2.37. The summed E-state index contributed by atoms with van der Waals surface area (Å²) in [5, 5.41) is -0.555. The molecule has 2 saturated heterocycles. The molecule has 1 aromatic carbocycles. The Hall–Kier alpha value is -1.60. The van der Waals surface area contributed by atoms with Crippen LogP contribution in [-0.2, 0) is 19.6 Å². The number of benzene rings is 1. The van der Waals surface area contributed by atoms with Crippen molar-refractivity contribution >= 4 is 21.6 Å². The Morgan fingerprint density at radius 2 is 1.88 bits per heavy atom. The lowest BCUT2D eigenvalue weighted by Gasteiger charge is -2.34. The number of hydrogen-bond donors (Lipinski definition) is 1. The smallest absolute Gasteiger partial charge is 0.237 e. The third-order valence-electron chi connectivity index (χ3n) is 5.01. The maximum Gasteiger partial charge on any atom is 0.237 e. The highest BCUT2D eigenvalue weighted by atomic mass is 32.2. The zero-order valence-electron chi connectivity index (χ0n) is 14.4. The number of amides is 1. The maximum atomic E-state index is 12.6. The van der Waals surface area contributed by atoms with Crippen LogP contribution in [0.1, 0.15) is 32.1 Å². The number of para-hydroxylation sites is 1. The molecule has 6 nitrogen and oxygen atoms in total. The number of sulfonamides is 1. The normalized spacial score (nSPS) is 22.6. The Morgan fingerprint density at radius 1 is 1.16 bits per heavy atom. The van der Waals surface area contributed by atoms with Crippen molar-refractivity contribution in [1.82, 2.24) is 4.90 Å². The van der Waals surface area contributed by atoms with E-state index in [0.29, 0.717) is 31.0 Å². The first kappa shape index (κ1) is 18.2. The van der Waals surface area contributed by atoms with Gasteiger partial charge in [-0.3, -0.25) is 9.52 Å². The van der Waals surface area contributed by atoms with Crippen molar-refractivity contribution in [3.8, 4) is 0 Å². The van der Waals surface area contributed by atoms with Gasteiger partial charge in [-0.1, -0.05) is 18.2 Å². The topological polar surface area (TPSA) is 75.7 Å². The third kappa shape index (κ3) is 4.95. The van der Waals surface area contributed by atoms with Gasteiger partial charge in [-0.15, -0.1) is 0 Å². The molecule has 0 radical (unpaired) electrons. The molecule has 1 N–H and O–H groups in total. The summed E-state index contributed by atoms with van der Waals surface area (Å²) < 4.78 is 33.3. The Morgan fingerprint density at radius 3 is 2.60 bits per heavy atom. The molecule has 25 heavy (non-hydrogen) atoms. The van der Waals surface area contributed by atoms with Crippen molar-refractivity contribution in [2.24, 2.45) is 5.92 Å². The number of piperidine rings is 1. The largest absolute Gasteiger partial charge is 0.381 e. The number of likely N-dealkylation sites (tertiary alicyclic amines) is 1. The second-order valence-electron chi connectivity index (χ2n) is 6.88. The lowest BCUT2D eigenvalue weighted by Crippen LogP contribution is -2.47. The highest BCUT2D eigenvalue weighted by Crippen LogP contribution is 2.23. The van der Waals surface area contributed by atoms with E-state index in [2.05, 4.69) is 4.72 Å². The molecular formula is C18H26N2O4S. The van der Waals surface area contributed by atoms with E-state index >= 15 is 0 Å². The molecule has 138 valence electrons. The van der Waals surface area contributed by atoms with Crippen LogP contribution >= 0.6 is 0 Å². The van der Waals surface area contributed by atoms with Gasteiger partial charge in [0.15, 0.2) is 0 Å². The van der Waals surface area contributed by atoms with Crippen LogP contribution in [0.5, 0.6) is 0 Å². The second-order valence-corrected chi connectivity index (χ2v) is 8.84. The van der Waals surface area contributed by atoms with E-state index in [1.54, 1.807) is 29.2 Å². The maximum absolute atomic E-state index is 12.6. The van der Waals surface area contributed by atoms with Gasteiger partial charge in [0.25, 0.3) is 0 Å². The summed E-state index contributed by atoms with van der Waals surface area (Å²) >= 11 is 0. The van der Waals surface area contributed by atoms with Gasteiger partial charge in [0.2, 0.25) is 15.9 Å². The molecule has 0 unspecified atom stereocenters. The Kier molecular flexibility index (Phi) is 5.96. The van der Waals surface area contributed by atoms with Gasteiger partial charge in [0.05, 0.1) is 5.25 Å². The van der Waals surface area contributed by atoms with Gasteiger partial charge in [-0.25, -0.2) is 8.42 Å². The van der Waals surface area contributed by atoms with Crippen molar-refractivity contribution in [3.63, 3.8) is 0 Å². The minimum atomic E-state index is -3.50. The van der Waals surface area contributed by atoms with Crippen LogP contribution in [-0.4, -0.2) is 50.8 Å². The number of hydrogen-bond acceptors (Lipinski definition) is 4. The fourth-order valence-electron chi connectivity index (χ4n) is 3.50. The van der Waals surface area contributed by atoms with E-state index in [0.717, 1.165) is 32.5 Å². The van der Waals surface area contributed by atoms with Crippen LogP contribution in [0.3, 0.4) is 0 Å². The van der Waals surface area contributed by atoms with Crippen molar-refractivity contribution < 1.29 is 17.9 Å². The summed E-state index contributed by atoms with van der Waals surface area (Å²) in [7, 11) is -3.50. The summed E-state index contributed by atoms with van der Waals surface area (Å²) in [5.74, 6) is 0.437. The summed E-state index contributed by atoms with van der Waals surface area (Å²) in [5.41, 5.74) is 0.563. The van der Waals surface area contributed by atoms with Gasteiger partial charge in [-0.05, 0) is 43.7 Å². The number of nitrogens with one attached hydrogen (secondary N) is 1. The van der Waals surface area contributed by atoms with Gasteiger partial charge in [0, 0.05) is 38.4 Å². The van der Waals surface area contributed by atoms with Gasteiger partial charge >= 0.3 is 0 Å². The number of carbonyl (C=O) groups is 1. The molecule has 2 aliphatic heterocycles. The third-order valence-corrected chi connectivity index (χ3v) is 6.79. The quantitative estimate of drug-likeness (QED) is 0.867. The first-order valence-electron chi connectivity index (χ1n) is 8.97. The van der Waals surface area contributed by atoms with Crippen LogP contribution in [0.2, 0.25) is 0 Å². The van der Waals surface area contributed by atoms with Gasteiger partial charge in [-0.2, -0.15) is 0 Å². The first-order valence-corrected chi connectivity index (χ1v) is 10.5. The molecule has 0 aromatic heterocycles. The second kappa shape index (κ2) is 8.19. The molecule has 0 spiro atoms. The molecule has 2 heterocycles. The van der Waals surface area contributed by atoms with Crippen LogP contribution in [0.15, 0.2) is 30.3 Å². The lowest BCUT2D eigenvalue weighted by molar-refractivity contribution is -0.133. The zero-order chi connectivity index (χ0) is 17.7. The highest BCUT2D eigenvalue weighted by molar-refractivity contribution is 7.93. The average molecular weight is 366 g/mol. The first-order chi connectivity index (χ1) is 12.0. The number of ether oxygens (including phenoxy) is 1. The number of carbonyl (C=O) groups excluding carboxylic acids is 1. The van der Waals surface area contributed by atoms with Gasteiger partial charge < -0.3 is 9.64 Å². The molecule has 1 atom stereocenters. The van der Waals surface area contributed by atoms with Crippen LogP contribution in [0, 0.1) is 5.92 Å². The molecule has 3 rings (SSSR count). The average Bonchev–Trinajstić information content (AvgIpc) is 2.63. The molecule has 0 saturated carbocycles. The molecular weight excluding hydrogens is 340 g/mol. The molecule has 0 aliphatic carbocycles.